The summed E-state index contributed by atoms with van der Waals surface area (Å²) in [5, 5.41) is 38.1. The van der Waals surface area contributed by atoms with Gasteiger partial charge in [-0.15, -0.1) is 0 Å². The summed E-state index contributed by atoms with van der Waals surface area (Å²) in [6.45, 7) is 1.70. The van der Waals surface area contributed by atoms with Crippen molar-refractivity contribution in [2.75, 3.05) is 5.32 Å². The lowest BCUT2D eigenvalue weighted by molar-refractivity contribution is 0.0696. The van der Waals surface area contributed by atoms with Gasteiger partial charge in [0.1, 0.15) is 23.9 Å². The molecule has 0 heterocycles. The second kappa shape index (κ2) is 6.38. The third kappa shape index (κ3) is 3.14. The number of carboxylic acids is 1. The fourth-order valence-corrected chi connectivity index (χ4v) is 2.02. The molecule has 0 radical (unpaired) electrons. The number of benzene rings is 1. The Morgan fingerprint density at radius 2 is 1.85 bits per heavy atom. The van der Waals surface area contributed by atoms with E-state index in [0.29, 0.717) is 15.7 Å². The van der Waals surface area contributed by atoms with Crippen molar-refractivity contribution < 1.29 is 9.90 Å². The number of aryl methyl sites for hydroxylation is 1. The van der Waals surface area contributed by atoms with Gasteiger partial charge in [0.05, 0.1) is 5.56 Å². The molecule has 0 bridgehead atoms. The van der Waals surface area contributed by atoms with Crippen LogP contribution in [0.15, 0.2) is 27.9 Å². The van der Waals surface area contributed by atoms with E-state index < -0.39 is 5.97 Å². The van der Waals surface area contributed by atoms with Crippen molar-refractivity contribution in [3.05, 3.63) is 39.0 Å². The predicted molar refractivity (Wildman–Crippen MR) is 73.3 cm³/mol. The van der Waals surface area contributed by atoms with Crippen LogP contribution in [0.3, 0.4) is 0 Å². The average Bonchev–Trinajstić information content (AvgIpc) is 2.40. The van der Waals surface area contributed by atoms with Gasteiger partial charge < -0.3 is 10.4 Å². The maximum atomic E-state index is 11.0. The molecule has 0 aromatic heterocycles. The molecule has 0 unspecified atom stereocenters. The molecule has 1 aromatic carbocycles. The van der Waals surface area contributed by atoms with Crippen LogP contribution < -0.4 is 5.32 Å². The summed E-state index contributed by atoms with van der Waals surface area (Å²) in [6.07, 6.45) is 0. The van der Waals surface area contributed by atoms with Gasteiger partial charge in [-0.05, 0) is 40.5 Å². The molecule has 1 rings (SSSR count). The van der Waals surface area contributed by atoms with Crippen LogP contribution in [0.1, 0.15) is 15.9 Å². The highest BCUT2D eigenvalue weighted by molar-refractivity contribution is 9.10. The highest BCUT2D eigenvalue weighted by atomic mass is 79.9. The predicted octanol–water partition coefficient (Wildman–Crippen LogP) is 2.69. The average molecular weight is 331 g/mol. The number of carbonyl (C=O) groups is 1. The molecule has 0 aliphatic rings. The van der Waals surface area contributed by atoms with E-state index in [1.54, 1.807) is 31.2 Å². The fourth-order valence-electron chi connectivity index (χ4n) is 1.39. The van der Waals surface area contributed by atoms with E-state index in [1.807, 2.05) is 0 Å². The van der Waals surface area contributed by atoms with Crippen molar-refractivity contribution in [1.29, 1.82) is 15.8 Å². The number of allylic oxidation sites excluding steroid dienone is 2. The third-order valence-corrected chi connectivity index (χ3v) is 3.05. The van der Waals surface area contributed by atoms with Crippen molar-refractivity contribution >= 4 is 27.6 Å². The zero-order valence-electron chi connectivity index (χ0n) is 10.2. The number of halogens is 1. The SMILES string of the molecule is Cc1cc(Br)c(C(=O)O)cc1NC(C#N)=C(C#N)C#N. The standard InChI is InChI=1S/C13H7BrN4O2/c1-7-2-10(14)9(13(19)20)3-11(7)18-12(6-17)8(4-15)5-16/h2-3,18H,1H3,(H,19,20). The van der Waals surface area contributed by atoms with Gasteiger partial charge in [-0.2, -0.15) is 15.8 Å². The lowest BCUT2D eigenvalue weighted by Crippen LogP contribution is -2.05. The van der Waals surface area contributed by atoms with Crippen LogP contribution in [0.5, 0.6) is 0 Å². The highest BCUT2D eigenvalue weighted by Gasteiger charge is 2.14. The molecule has 7 heteroatoms. The van der Waals surface area contributed by atoms with Gasteiger partial charge in [-0.3, -0.25) is 0 Å². The third-order valence-electron chi connectivity index (χ3n) is 2.39. The zero-order valence-corrected chi connectivity index (χ0v) is 11.8. The Balaban J connectivity index is 3.37. The Hall–Kier alpha value is -2.82. The first-order valence-electron chi connectivity index (χ1n) is 5.19. The number of hydrogen-bond acceptors (Lipinski definition) is 5. The molecule has 0 atom stereocenters. The summed E-state index contributed by atoms with van der Waals surface area (Å²) in [5.41, 5.74) is 0.407. The first-order valence-corrected chi connectivity index (χ1v) is 5.99. The largest absolute Gasteiger partial charge is 0.478 e. The van der Waals surface area contributed by atoms with Crippen LogP contribution in [-0.4, -0.2) is 11.1 Å². The van der Waals surface area contributed by atoms with Gasteiger partial charge in [-0.1, -0.05) is 0 Å². The van der Waals surface area contributed by atoms with Crippen LogP contribution in [0, 0.1) is 40.9 Å². The van der Waals surface area contributed by atoms with Crippen molar-refractivity contribution in [2.45, 2.75) is 6.92 Å². The van der Waals surface area contributed by atoms with Gasteiger partial charge in [0.2, 0.25) is 0 Å². The Labute approximate surface area is 123 Å². The maximum absolute atomic E-state index is 11.0. The number of nitrogens with zero attached hydrogens (tertiary/aromatic N) is 3. The smallest absolute Gasteiger partial charge is 0.336 e. The summed E-state index contributed by atoms with van der Waals surface area (Å²) in [6, 6.07) is 7.80. The number of rotatable bonds is 3. The highest BCUT2D eigenvalue weighted by Crippen LogP contribution is 2.26. The van der Waals surface area contributed by atoms with Crippen molar-refractivity contribution in [1.82, 2.24) is 0 Å². The molecule has 0 spiro atoms. The van der Waals surface area contributed by atoms with Crippen molar-refractivity contribution in [3.8, 4) is 18.2 Å². The lowest BCUT2D eigenvalue weighted by Gasteiger charge is -2.10. The second-order valence-corrected chi connectivity index (χ2v) is 4.52. The minimum Gasteiger partial charge on any atom is -0.478 e. The molecule has 0 aliphatic carbocycles. The molecule has 0 fully saturated rings. The van der Waals surface area contributed by atoms with E-state index in [2.05, 4.69) is 21.2 Å². The normalized spacial score (nSPS) is 8.75. The molecule has 0 amide bonds. The summed E-state index contributed by atoms with van der Waals surface area (Å²) in [7, 11) is 0. The van der Waals surface area contributed by atoms with Crippen LogP contribution in [0.2, 0.25) is 0 Å². The first-order chi connectivity index (χ1) is 9.44. The molecular weight excluding hydrogens is 324 g/mol. The minimum absolute atomic E-state index is 0.00542. The molecule has 20 heavy (non-hydrogen) atoms. The van der Waals surface area contributed by atoms with Crippen LogP contribution in [0.25, 0.3) is 0 Å². The molecule has 0 saturated carbocycles. The second-order valence-electron chi connectivity index (χ2n) is 3.66. The number of aromatic carboxylic acids is 1. The summed E-state index contributed by atoms with van der Waals surface area (Å²) in [5.74, 6) is -1.14. The number of nitriles is 3. The van der Waals surface area contributed by atoms with E-state index in [4.69, 9.17) is 20.9 Å². The van der Waals surface area contributed by atoms with Crippen LogP contribution in [0.4, 0.5) is 5.69 Å². The molecule has 6 nitrogen and oxygen atoms in total. The van der Waals surface area contributed by atoms with E-state index in [0.717, 1.165) is 0 Å². The van der Waals surface area contributed by atoms with E-state index >= 15 is 0 Å². The van der Waals surface area contributed by atoms with Gasteiger partial charge in [0.15, 0.2) is 5.57 Å². The topological polar surface area (TPSA) is 121 Å². The number of hydrogen-bond donors (Lipinski definition) is 2. The molecule has 1 aromatic rings. The molecule has 0 aliphatic heterocycles. The first kappa shape index (κ1) is 15.2. The molecule has 2 N–H and O–H groups in total. The van der Waals surface area contributed by atoms with E-state index in [-0.39, 0.29) is 16.8 Å². The number of nitrogens with one attached hydrogen (secondary N) is 1. The fraction of sp³-hybridized carbons (Fsp3) is 0.0769. The Morgan fingerprint density at radius 3 is 2.30 bits per heavy atom. The number of carboxylic acid groups (broad SMARTS) is 1. The van der Waals surface area contributed by atoms with Crippen LogP contribution in [-0.2, 0) is 0 Å². The molecule has 0 saturated heterocycles. The minimum atomic E-state index is -1.14. The summed E-state index contributed by atoms with van der Waals surface area (Å²) < 4.78 is 0.399. The molecular formula is C13H7BrN4O2. The Bertz CT molecular complexity index is 716. The zero-order chi connectivity index (χ0) is 15.3. The molecule has 98 valence electrons. The summed E-state index contributed by atoms with van der Waals surface area (Å²) >= 11 is 3.13. The van der Waals surface area contributed by atoms with Crippen molar-refractivity contribution in [2.24, 2.45) is 0 Å². The Morgan fingerprint density at radius 1 is 1.25 bits per heavy atom. The van der Waals surface area contributed by atoms with Crippen molar-refractivity contribution in [3.63, 3.8) is 0 Å². The Kier molecular flexibility index (Phi) is 4.86. The van der Waals surface area contributed by atoms with E-state index in [9.17, 15) is 4.79 Å². The van der Waals surface area contributed by atoms with E-state index in [1.165, 1.54) is 6.07 Å². The van der Waals surface area contributed by atoms with Gasteiger partial charge in [0.25, 0.3) is 0 Å². The maximum Gasteiger partial charge on any atom is 0.336 e. The van der Waals surface area contributed by atoms with Gasteiger partial charge in [0, 0.05) is 10.2 Å². The monoisotopic (exact) mass is 330 g/mol. The van der Waals surface area contributed by atoms with Gasteiger partial charge >= 0.3 is 5.97 Å². The summed E-state index contributed by atoms with van der Waals surface area (Å²) in [4.78, 5) is 11.0. The quantitative estimate of drug-likeness (QED) is 0.822. The lowest BCUT2D eigenvalue weighted by atomic mass is 10.1. The van der Waals surface area contributed by atoms with Gasteiger partial charge in [-0.25, -0.2) is 4.79 Å². The van der Waals surface area contributed by atoms with Crippen LogP contribution >= 0.6 is 15.9 Å². The number of anilines is 1.